The van der Waals surface area contributed by atoms with E-state index in [0.29, 0.717) is 0 Å². The second-order valence-corrected chi connectivity index (χ2v) is 2.48. The summed E-state index contributed by atoms with van der Waals surface area (Å²) in [6, 6.07) is 0. The summed E-state index contributed by atoms with van der Waals surface area (Å²) in [6.07, 6.45) is -6.39. The maximum atomic E-state index is 8.96. The summed E-state index contributed by atoms with van der Waals surface area (Å²) >= 11 is 0. The molecule has 0 radical (unpaired) electrons. The smallest absolute Gasteiger partial charge is 0.316 e. The molecular formula is C6H19AlMgO6. The van der Waals surface area contributed by atoms with E-state index in [1.165, 1.54) is 0 Å². The van der Waals surface area contributed by atoms with Gasteiger partial charge in [0, 0.05) is 0 Å². The molecule has 0 aliphatic carbocycles. The Bertz CT molecular complexity index is 115. The minimum absolute atomic E-state index is 0. The van der Waals surface area contributed by atoms with Crippen LogP contribution in [0.25, 0.3) is 0 Å². The molecule has 0 fully saturated rings. The highest BCUT2D eigenvalue weighted by atomic mass is 27.0. The quantitative estimate of drug-likeness (QED) is 0.266. The zero-order chi connectivity index (χ0) is 9.72. The van der Waals surface area contributed by atoms with Gasteiger partial charge in [0.05, 0.1) is 13.2 Å². The fourth-order valence-corrected chi connectivity index (χ4v) is 0.671. The van der Waals surface area contributed by atoms with Crippen molar-refractivity contribution in [3.8, 4) is 0 Å². The molecule has 84 valence electrons. The lowest BCUT2D eigenvalue weighted by molar-refractivity contribution is -0.123. The molecule has 6 nitrogen and oxygen atoms in total. The number of aliphatic hydroxyl groups excluding tert-OH is 6. The van der Waals surface area contributed by atoms with E-state index in [1.807, 2.05) is 0 Å². The Balaban J connectivity index is -0.000000605. The average Bonchev–Trinajstić information content (AvgIpc) is 2.12. The topological polar surface area (TPSA) is 121 Å². The van der Waals surface area contributed by atoms with Crippen LogP contribution in [-0.2, 0) is 0 Å². The fourth-order valence-electron chi connectivity index (χ4n) is 0.671. The van der Waals surface area contributed by atoms with Crippen LogP contribution in [0, 0.1) is 0 Å². The number of aliphatic hydroxyl groups is 6. The summed E-state index contributed by atoms with van der Waals surface area (Å²) in [5.74, 6) is 0. The van der Waals surface area contributed by atoms with Gasteiger partial charge in [-0.2, -0.15) is 0 Å². The van der Waals surface area contributed by atoms with E-state index in [-0.39, 0.29) is 40.4 Å². The highest BCUT2D eigenvalue weighted by Crippen LogP contribution is 2.03. The number of hydrogen-bond acceptors (Lipinski definition) is 6. The van der Waals surface area contributed by atoms with Gasteiger partial charge in [-0.25, -0.2) is 0 Å². The third-order valence-corrected chi connectivity index (χ3v) is 1.51. The molecule has 14 heavy (non-hydrogen) atoms. The standard InChI is InChI=1S/C6H14O6.Al.Mg.5H/c7-1-3(9)5(11)6(12)4(10)2-8;;;;;;;/h3-12H,1-2H2;;;;;;;. The summed E-state index contributed by atoms with van der Waals surface area (Å²) < 4.78 is 0. The number of rotatable bonds is 5. The van der Waals surface area contributed by atoms with E-state index in [4.69, 9.17) is 30.6 Å². The van der Waals surface area contributed by atoms with Crippen LogP contribution in [0.5, 0.6) is 0 Å². The zero-order valence-corrected chi connectivity index (χ0v) is 6.41. The van der Waals surface area contributed by atoms with E-state index < -0.39 is 37.6 Å². The molecule has 4 unspecified atom stereocenters. The van der Waals surface area contributed by atoms with Crippen molar-refractivity contribution in [1.82, 2.24) is 0 Å². The minimum atomic E-state index is -1.67. The molecule has 0 aromatic carbocycles. The number of hydrogen-bond donors (Lipinski definition) is 6. The van der Waals surface area contributed by atoms with E-state index in [0.717, 1.165) is 0 Å². The molecule has 0 saturated carbocycles. The van der Waals surface area contributed by atoms with Gasteiger partial charge in [0.2, 0.25) is 0 Å². The molecular weight excluding hydrogens is 219 g/mol. The van der Waals surface area contributed by atoms with Crippen LogP contribution in [0.1, 0.15) is 0 Å². The summed E-state index contributed by atoms with van der Waals surface area (Å²) in [6.45, 7) is -1.45. The van der Waals surface area contributed by atoms with E-state index in [9.17, 15) is 0 Å². The first-order valence-electron chi connectivity index (χ1n) is 3.48. The average molecular weight is 238 g/mol. The van der Waals surface area contributed by atoms with Crippen LogP contribution in [0.2, 0.25) is 0 Å². The zero-order valence-electron chi connectivity index (χ0n) is 6.41. The Morgan fingerprint density at radius 2 is 0.929 bits per heavy atom. The first-order valence-corrected chi connectivity index (χ1v) is 3.48. The normalized spacial score (nSPS) is 18.4. The predicted molar refractivity (Wildman–Crippen MR) is 56.7 cm³/mol. The van der Waals surface area contributed by atoms with Gasteiger partial charge < -0.3 is 30.6 Å². The summed E-state index contributed by atoms with van der Waals surface area (Å²) in [7, 11) is 0. The van der Waals surface area contributed by atoms with Gasteiger partial charge in [0.25, 0.3) is 0 Å². The molecule has 8 heteroatoms. The maximum absolute atomic E-state index is 8.96. The van der Waals surface area contributed by atoms with Gasteiger partial charge in [0.15, 0.2) is 17.4 Å². The monoisotopic (exact) mass is 238 g/mol. The molecule has 0 spiro atoms. The van der Waals surface area contributed by atoms with Gasteiger partial charge in [-0.1, -0.05) is 0 Å². The highest BCUT2D eigenvalue weighted by molar-refractivity contribution is 5.76. The SMILES string of the molecule is OCC(O)C(O)C(O)C(O)CO.[AlH3].[MgH2]. The van der Waals surface area contributed by atoms with Crippen molar-refractivity contribution < 1.29 is 30.6 Å². The molecule has 0 heterocycles. The lowest BCUT2D eigenvalue weighted by Crippen LogP contribution is -2.46. The summed E-state index contributed by atoms with van der Waals surface area (Å²) in [4.78, 5) is 0. The second-order valence-electron chi connectivity index (χ2n) is 2.48. The van der Waals surface area contributed by atoms with Crippen LogP contribution in [0.4, 0.5) is 0 Å². The van der Waals surface area contributed by atoms with Gasteiger partial charge in [0.1, 0.15) is 24.4 Å². The molecule has 0 bridgehead atoms. The second kappa shape index (κ2) is 10.6. The lowest BCUT2D eigenvalue weighted by atomic mass is 10.0. The molecule has 0 aliphatic heterocycles. The molecule has 0 rings (SSSR count). The van der Waals surface area contributed by atoms with Crippen LogP contribution >= 0.6 is 0 Å². The molecule has 0 aromatic heterocycles. The Kier molecular flexibility index (Phi) is 15.5. The highest BCUT2D eigenvalue weighted by Gasteiger charge is 2.29. The van der Waals surface area contributed by atoms with Gasteiger partial charge in [-0.05, 0) is 0 Å². The van der Waals surface area contributed by atoms with Crippen molar-refractivity contribution in [1.29, 1.82) is 0 Å². The first kappa shape index (κ1) is 20.5. The first-order chi connectivity index (χ1) is 5.54. The molecule has 0 aliphatic rings. The van der Waals surface area contributed by atoms with Crippen molar-refractivity contribution in [3.63, 3.8) is 0 Å². The van der Waals surface area contributed by atoms with E-state index >= 15 is 0 Å². The van der Waals surface area contributed by atoms with Gasteiger partial charge >= 0.3 is 23.1 Å². The minimum Gasteiger partial charge on any atom is -0.394 e. The fraction of sp³-hybridized carbons (Fsp3) is 1.00. The Labute approximate surface area is 108 Å². The molecule has 0 aromatic rings. The van der Waals surface area contributed by atoms with Crippen molar-refractivity contribution in [2.24, 2.45) is 0 Å². The third kappa shape index (κ3) is 6.53. The van der Waals surface area contributed by atoms with Gasteiger partial charge in [-0.15, -0.1) is 0 Å². The Morgan fingerprint density at radius 3 is 1.07 bits per heavy atom. The van der Waals surface area contributed by atoms with E-state index in [1.54, 1.807) is 0 Å². The molecule has 6 N–H and O–H groups in total. The largest absolute Gasteiger partial charge is 0.394 e. The van der Waals surface area contributed by atoms with Crippen LogP contribution in [0.15, 0.2) is 0 Å². The predicted octanol–water partition coefficient (Wildman–Crippen LogP) is -5.69. The molecule has 0 amide bonds. The van der Waals surface area contributed by atoms with E-state index in [2.05, 4.69) is 0 Å². The van der Waals surface area contributed by atoms with Crippen molar-refractivity contribution >= 4 is 40.4 Å². The summed E-state index contributed by atoms with van der Waals surface area (Å²) in [5, 5.41) is 52.2. The van der Waals surface area contributed by atoms with Crippen molar-refractivity contribution in [2.75, 3.05) is 13.2 Å². The van der Waals surface area contributed by atoms with Gasteiger partial charge in [-0.3, -0.25) is 0 Å². The lowest BCUT2D eigenvalue weighted by Gasteiger charge is -2.24. The maximum Gasteiger partial charge on any atom is 0.316 e. The summed E-state index contributed by atoms with van der Waals surface area (Å²) in [5.41, 5.74) is 0. The Hall–Kier alpha value is 1.06. The molecule has 0 saturated heterocycles. The van der Waals surface area contributed by atoms with Crippen molar-refractivity contribution in [3.05, 3.63) is 0 Å². The van der Waals surface area contributed by atoms with Crippen LogP contribution in [-0.4, -0.2) is 109 Å². The van der Waals surface area contributed by atoms with Crippen molar-refractivity contribution in [2.45, 2.75) is 24.4 Å². The molecule has 4 atom stereocenters. The van der Waals surface area contributed by atoms with Crippen LogP contribution in [0.3, 0.4) is 0 Å². The Morgan fingerprint density at radius 1 is 0.714 bits per heavy atom. The van der Waals surface area contributed by atoms with Crippen LogP contribution < -0.4 is 0 Å². The third-order valence-electron chi connectivity index (χ3n) is 1.51.